The number of carbonyl (C=O) groups excluding carboxylic acids is 4. The zero-order valence-corrected chi connectivity index (χ0v) is 14.7. The van der Waals surface area contributed by atoms with Crippen LogP contribution in [0.4, 0.5) is 5.82 Å². The van der Waals surface area contributed by atoms with Crippen molar-refractivity contribution in [2.75, 3.05) is 18.5 Å². The Morgan fingerprint density at radius 1 is 1.07 bits per heavy atom. The van der Waals surface area contributed by atoms with Crippen LogP contribution in [-0.2, 0) is 14.3 Å². The highest BCUT2D eigenvalue weighted by Gasteiger charge is 2.35. The van der Waals surface area contributed by atoms with Crippen molar-refractivity contribution in [3.63, 3.8) is 0 Å². The van der Waals surface area contributed by atoms with Crippen LogP contribution >= 0.6 is 11.6 Å². The van der Waals surface area contributed by atoms with Gasteiger partial charge in [0.1, 0.15) is 5.82 Å². The summed E-state index contributed by atoms with van der Waals surface area (Å²) in [7, 11) is 0. The molecule has 0 atom stereocenters. The van der Waals surface area contributed by atoms with E-state index in [-0.39, 0.29) is 18.8 Å². The molecule has 27 heavy (non-hydrogen) atoms. The lowest BCUT2D eigenvalue weighted by Crippen LogP contribution is -2.32. The summed E-state index contributed by atoms with van der Waals surface area (Å²) in [4.78, 5) is 52.8. The molecule has 2 aromatic rings. The summed E-state index contributed by atoms with van der Waals surface area (Å²) in [5, 5.41) is 2.87. The first-order valence-electron chi connectivity index (χ1n) is 7.98. The smallest absolute Gasteiger partial charge is 0.308 e. The number of halogens is 1. The number of nitrogens with zero attached hydrogens (tertiary/aromatic N) is 2. The van der Waals surface area contributed by atoms with E-state index in [4.69, 9.17) is 16.3 Å². The molecule has 9 heteroatoms. The molecule has 3 rings (SSSR count). The molecule has 138 valence electrons. The number of imide groups is 1. The molecule has 0 fully saturated rings. The van der Waals surface area contributed by atoms with Gasteiger partial charge in [-0.2, -0.15) is 0 Å². The summed E-state index contributed by atoms with van der Waals surface area (Å²) in [5.74, 6) is -1.90. The van der Waals surface area contributed by atoms with Gasteiger partial charge in [-0.25, -0.2) is 4.98 Å². The molecule has 0 bridgehead atoms. The van der Waals surface area contributed by atoms with Crippen molar-refractivity contribution >= 4 is 41.1 Å². The summed E-state index contributed by atoms with van der Waals surface area (Å²) >= 11 is 5.69. The van der Waals surface area contributed by atoms with E-state index in [1.54, 1.807) is 30.3 Å². The fourth-order valence-corrected chi connectivity index (χ4v) is 2.60. The first kappa shape index (κ1) is 18.5. The van der Waals surface area contributed by atoms with Crippen LogP contribution in [0.2, 0.25) is 5.02 Å². The van der Waals surface area contributed by atoms with Crippen molar-refractivity contribution < 1.29 is 23.9 Å². The van der Waals surface area contributed by atoms with Crippen LogP contribution in [0.5, 0.6) is 0 Å². The third-order valence-corrected chi connectivity index (χ3v) is 4.00. The minimum Gasteiger partial charge on any atom is -0.456 e. The molecule has 0 radical (unpaired) electrons. The van der Waals surface area contributed by atoms with Crippen molar-refractivity contribution in [2.45, 2.75) is 6.42 Å². The molecule has 3 amide bonds. The average molecular weight is 388 g/mol. The highest BCUT2D eigenvalue weighted by molar-refractivity contribution is 6.30. The Morgan fingerprint density at radius 2 is 1.74 bits per heavy atom. The van der Waals surface area contributed by atoms with E-state index in [0.29, 0.717) is 16.1 Å². The van der Waals surface area contributed by atoms with Gasteiger partial charge >= 0.3 is 5.97 Å². The van der Waals surface area contributed by atoms with Gasteiger partial charge in [0.05, 0.1) is 22.6 Å². The number of hydrogen-bond acceptors (Lipinski definition) is 6. The third kappa shape index (κ3) is 4.29. The fourth-order valence-electron chi connectivity index (χ4n) is 2.49. The van der Waals surface area contributed by atoms with Crippen LogP contribution in [0, 0.1) is 0 Å². The zero-order chi connectivity index (χ0) is 19.4. The first-order chi connectivity index (χ1) is 13.0. The fraction of sp³-hybridized carbons (Fsp3) is 0.167. The molecule has 0 unspecified atom stereocenters. The maximum absolute atomic E-state index is 12.2. The van der Waals surface area contributed by atoms with Crippen molar-refractivity contribution in [3.8, 4) is 0 Å². The summed E-state index contributed by atoms with van der Waals surface area (Å²) in [6, 6.07) is 9.50. The lowest BCUT2D eigenvalue weighted by molar-refractivity contribution is -0.147. The highest BCUT2D eigenvalue weighted by atomic mass is 35.5. The second kappa shape index (κ2) is 7.96. The average Bonchev–Trinajstić information content (AvgIpc) is 2.91. The van der Waals surface area contributed by atoms with Crippen molar-refractivity contribution in [2.24, 2.45) is 0 Å². The number of fused-ring (bicyclic) bond motifs is 1. The molecule has 1 aromatic carbocycles. The SMILES string of the molecule is O=C(COC(=O)CCN1C(=O)c2ccccc2C1=O)Nc1ccc(Cl)cn1. The molecule has 0 aliphatic carbocycles. The van der Waals surface area contributed by atoms with Crippen LogP contribution in [-0.4, -0.2) is 46.7 Å². The van der Waals surface area contributed by atoms with Gasteiger partial charge in [-0.05, 0) is 24.3 Å². The van der Waals surface area contributed by atoms with Crippen LogP contribution < -0.4 is 5.32 Å². The Bertz CT molecular complexity index is 878. The van der Waals surface area contributed by atoms with Gasteiger partial charge in [0.25, 0.3) is 17.7 Å². The van der Waals surface area contributed by atoms with Gasteiger partial charge in [0.2, 0.25) is 0 Å². The maximum Gasteiger partial charge on any atom is 0.308 e. The number of carbonyl (C=O) groups is 4. The molecular weight excluding hydrogens is 374 g/mol. The minimum atomic E-state index is -0.703. The Kier molecular flexibility index (Phi) is 5.46. The van der Waals surface area contributed by atoms with E-state index in [9.17, 15) is 19.2 Å². The number of amides is 3. The van der Waals surface area contributed by atoms with Crippen LogP contribution in [0.1, 0.15) is 27.1 Å². The van der Waals surface area contributed by atoms with E-state index in [0.717, 1.165) is 4.90 Å². The van der Waals surface area contributed by atoms with Crippen molar-refractivity contribution in [1.82, 2.24) is 9.88 Å². The number of rotatable bonds is 6. The topological polar surface area (TPSA) is 106 Å². The minimum absolute atomic E-state index is 0.120. The van der Waals surface area contributed by atoms with E-state index in [2.05, 4.69) is 10.3 Å². The van der Waals surface area contributed by atoms with Crippen LogP contribution in [0.15, 0.2) is 42.6 Å². The summed E-state index contributed by atoms with van der Waals surface area (Å²) < 4.78 is 4.85. The Morgan fingerprint density at radius 3 is 2.33 bits per heavy atom. The summed E-state index contributed by atoms with van der Waals surface area (Å²) in [6.07, 6.45) is 1.16. The second-order valence-electron chi connectivity index (χ2n) is 5.63. The summed E-state index contributed by atoms with van der Waals surface area (Å²) in [5.41, 5.74) is 0.622. The van der Waals surface area contributed by atoms with Gasteiger partial charge in [-0.3, -0.25) is 24.1 Å². The van der Waals surface area contributed by atoms with Gasteiger partial charge in [-0.1, -0.05) is 23.7 Å². The van der Waals surface area contributed by atoms with Crippen molar-refractivity contribution in [1.29, 1.82) is 0 Å². The Hall–Kier alpha value is -3.26. The van der Waals surface area contributed by atoms with E-state index in [1.165, 1.54) is 12.3 Å². The normalized spacial score (nSPS) is 12.7. The number of aromatic nitrogens is 1. The molecule has 0 spiro atoms. The second-order valence-corrected chi connectivity index (χ2v) is 6.06. The number of esters is 1. The van der Waals surface area contributed by atoms with Crippen LogP contribution in [0.3, 0.4) is 0 Å². The van der Waals surface area contributed by atoms with Crippen LogP contribution in [0.25, 0.3) is 0 Å². The standard InChI is InChI=1S/C18H14ClN3O5/c19-11-5-6-14(20-9-11)21-15(23)10-27-16(24)7-8-22-17(25)12-3-1-2-4-13(12)18(22)26/h1-6,9H,7-8,10H2,(H,20,21,23). The van der Waals surface area contributed by atoms with E-state index in [1.807, 2.05) is 0 Å². The molecule has 8 nitrogen and oxygen atoms in total. The van der Waals surface area contributed by atoms with Gasteiger partial charge < -0.3 is 10.1 Å². The lowest BCUT2D eigenvalue weighted by Gasteiger charge is -2.13. The molecule has 1 aliphatic rings. The quantitative estimate of drug-likeness (QED) is 0.599. The van der Waals surface area contributed by atoms with E-state index < -0.39 is 30.3 Å². The number of hydrogen-bond donors (Lipinski definition) is 1. The Labute approximate surface area is 159 Å². The molecule has 2 heterocycles. The van der Waals surface area contributed by atoms with Gasteiger partial charge in [0, 0.05) is 12.7 Å². The number of anilines is 1. The lowest BCUT2D eigenvalue weighted by atomic mass is 10.1. The number of benzene rings is 1. The van der Waals surface area contributed by atoms with Gasteiger partial charge in [-0.15, -0.1) is 0 Å². The zero-order valence-electron chi connectivity index (χ0n) is 14.0. The largest absolute Gasteiger partial charge is 0.456 e. The predicted molar refractivity (Wildman–Crippen MR) is 95.3 cm³/mol. The molecule has 0 saturated heterocycles. The molecule has 1 N–H and O–H groups in total. The number of ether oxygens (including phenoxy) is 1. The molecule has 0 saturated carbocycles. The monoisotopic (exact) mass is 387 g/mol. The highest BCUT2D eigenvalue weighted by Crippen LogP contribution is 2.22. The third-order valence-electron chi connectivity index (χ3n) is 3.78. The molecular formula is C18H14ClN3O5. The number of nitrogens with one attached hydrogen (secondary N) is 1. The van der Waals surface area contributed by atoms with Crippen molar-refractivity contribution in [3.05, 3.63) is 58.7 Å². The molecule has 1 aliphatic heterocycles. The molecule has 1 aromatic heterocycles. The maximum atomic E-state index is 12.2. The Balaban J connectivity index is 1.45. The van der Waals surface area contributed by atoms with E-state index >= 15 is 0 Å². The first-order valence-corrected chi connectivity index (χ1v) is 8.36. The van der Waals surface area contributed by atoms with Gasteiger partial charge in [0.15, 0.2) is 6.61 Å². The summed E-state index contributed by atoms with van der Waals surface area (Å²) in [6.45, 7) is -0.628. The predicted octanol–water partition coefficient (Wildman–Crippen LogP) is 1.90. The number of pyridine rings is 1.